The van der Waals surface area contributed by atoms with Gasteiger partial charge >= 0.3 is 23.9 Å². The van der Waals surface area contributed by atoms with Crippen LogP contribution in [0.3, 0.4) is 0 Å². The number of hydrogen-bond acceptors (Lipinski definition) is 12. The second-order valence-corrected chi connectivity index (χ2v) is 11.0. The van der Waals surface area contributed by atoms with Crippen LogP contribution in [0.1, 0.15) is 86.9 Å². The lowest BCUT2D eigenvalue weighted by atomic mass is 10.1. The number of nitrogens with one attached hydrogen (secondary N) is 1. The van der Waals surface area contributed by atoms with Gasteiger partial charge in [0.15, 0.2) is 0 Å². The smallest absolute Gasteiger partial charge is 0.340 e. The van der Waals surface area contributed by atoms with Gasteiger partial charge in [0.1, 0.15) is 18.6 Å². The summed E-state index contributed by atoms with van der Waals surface area (Å²) in [4.78, 5) is 78.5. The van der Waals surface area contributed by atoms with E-state index < -0.39 is 30.2 Å². The first-order valence-electron chi connectivity index (χ1n) is 16.2. The minimum Gasteiger partial charge on any atom is -0.481 e. The molecule has 0 unspecified atom stereocenters. The number of carbonyl (C=O) groups is 6. The van der Waals surface area contributed by atoms with Gasteiger partial charge in [-0.3, -0.25) is 34.3 Å². The summed E-state index contributed by atoms with van der Waals surface area (Å²) < 4.78 is 14.8. The van der Waals surface area contributed by atoms with Crippen molar-refractivity contribution in [2.45, 2.75) is 66.2 Å². The quantitative estimate of drug-likeness (QED) is 0.0964. The highest BCUT2D eigenvalue weighted by Gasteiger charge is 2.29. The van der Waals surface area contributed by atoms with Crippen molar-refractivity contribution in [1.29, 1.82) is 0 Å². The van der Waals surface area contributed by atoms with Crippen LogP contribution in [0.2, 0.25) is 0 Å². The average molecular weight is 687 g/mol. The molecule has 0 heterocycles. The van der Waals surface area contributed by atoms with Crippen LogP contribution in [0, 0.1) is 11.8 Å². The first-order valence-corrected chi connectivity index (χ1v) is 16.2. The van der Waals surface area contributed by atoms with E-state index in [4.69, 9.17) is 29.0 Å². The Labute approximate surface area is 285 Å². The van der Waals surface area contributed by atoms with Crippen LogP contribution >= 0.6 is 0 Å². The highest BCUT2D eigenvalue weighted by Crippen LogP contribution is 2.31. The molecule has 0 spiro atoms. The largest absolute Gasteiger partial charge is 0.481 e. The van der Waals surface area contributed by atoms with Crippen LogP contribution in [0.4, 0.5) is 11.4 Å². The van der Waals surface area contributed by atoms with Crippen LogP contribution in [0.25, 0.3) is 0 Å². The molecule has 14 heteroatoms. The summed E-state index contributed by atoms with van der Waals surface area (Å²) >= 11 is 0. The molecule has 14 nitrogen and oxygen atoms in total. The number of hydroxylamine groups is 1. The zero-order chi connectivity index (χ0) is 36.2. The molecule has 4 rings (SSSR count). The molecule has 2 saturated carbocycles. The third-order valence-corrected chi connectivity index (χ3v) is 6.60. The van der Waals surface area contributed by atoms with Gasteiger partial charge < -0.3 is 19.3 Å². The summed E-state index contributed by atoms with van der Waals surface area (Å²) in [6.45, 7) is 8.22. The van der Waals surface area contributed by atoms with Gasteiger partial charge in [0.25, 0.3) is 5.91 Å². The van der Waals surface area contributed by atoms with Gasteiger partial charge in [-0.25, -0.2) is 9.59 Å². The predicted molar refractivity (Wildman–Crippen MR) is 177 cm³/mol. The van der Waals surface area contributed by atoms with Crippen molar-refractivity contribution >= 4 is 46.9 Å². The number of ketones is 1. The van der Waals surface area contributed by atoms with Crippen LogP contribution in [-0.2, 0) is 43.1 Å². The Morgan fingerprint density at radius 3 is 1.80 bits per heavy atom. The van der Waals surface area contributed by atoms with Crippen molar-refractivity contribution in [3.05, 3.63) is 59.7 Å². The Hall–Kier alpha value is -4.82. The first kappa shape index (κ1) is 40.4. The number of hydrogen-bond donors (Lipinski definition) is 2. The fourth-order valence-corrected chi connectivity index (χ4v) is 3.87. The number of benzene rings is 2. The van der Waals surface area contributed by atoms with Gasteiger partial charge in [0.2, 0.25) is 0 Å². The van der Waals surface area contributed by atoms with Crippen molar-refractivity contribution in [2.75, 3.05) is 43.6 Å². The van der Waals surface area contributed by atoms with E-state index in [0.717, 1.165) is 17.9 Å². The Morgan fingerprint density at radius 1 is 0.735 bits per heavy atom. The third kappa shape index (κ3) is 16.2. The van der Waals surface area contributed by atoms with E-state index in [9.17, 15) is 28.8 Å². The first-order chi connectivity index (χ1) is 23.5. The van der Waals surface area contributed by atoms with Crippen molar-refractivity contribution in [3.63, 3.8) is 0 Å². The van der Waals surface area contributed by atoms with E-state index in [1.54, 1.807) is 63.2 Å². The molecule has 0 radical (unpaired) electrons. The maximum Gasteiger partial charge on any atom is 0.340 e. The predicted octanol–water partition coefficient (Wildman–Crippen LogP) is 5.16. The summed E-state index contributed by atoms with van der Waals surface area (Å²) in [6, 6.07) is 13.7. The molecule has 0 saturated heterocycles. The number of nitrogens with zero attached hydrogens (tertiary/aromatic N) is 1. The van der Waals surface area contributed by atoms with E-state index in [-0.39, 0.29) is 42.6 Å². The number of rotatable bonds is 17. The molecule has 2 aliphatic rings. The number of Topliss-reactive ketones (excluding diaryl/α,β-unsaturated/α-hetero) is 1. The van der Waals surface area contributed by atoms with Crippen molar-refractivity contribution in [3.8, 4) is 0 Å². The van der Waals surface area contributed by atoms with E-state index in [0.29, 0.717) is 42.9 Å². The fourth-order valence-electron chi connectivity index (χ4n) is 3.87. The monoisotopic (exact) mass is 686 g/mol. The van der Waals surface area contributed by atoms with Crippen molar-refractivity contribution in [2.24, 2.45) is 11.8 Å². The van der Waals surface area contributed by atoms with Gasteiger partial charge in [-0.2, -0.15) is 5.06 Å². The summed E-state index contributed by atoms with van der Waals surface area (Å²) in [5, 5.41) is 8.88. The molecule has 49 heavy (non-hydrogen) atoms. The second-order valence-electron chi connectivity index (χ2n) is 11.0. The molecule has 0 atom stereocenters. The van der Waals surface area contributed by atoms with Crippen LogP contribution in [-0.4, -0.2) is 73.7 Å². The SMILES string of the molecule is CC(=O)CC(=O)O.CCOC(=O)CC(=O)N(OCC1CC1)c1ccccc1C(=O)OCC.CCOC(=O)c1ccccc1NOCC1CC1. The molecule has 2 N–H and O–H groups in total. The van der Waals surface area contributed by atoms with Crippen LogP contribution in [0.5, 0.6) is 0 Å². The molecular weight excluding hydrogens is 640 g/mol. The Bertz CT molecular complexity index is 1390. The minimum absolute atomic E-state index is 0.189. The topological polar surface area (TPSA) is 184 Å². The Kier molecular flexibility index (Phi) is 18.1. The summed E-state index contributed by atoms with van der Waals surface area (Å²) in [5.74, 6) is -2.41. The van der Waals surface area contributed by atoms with Crippen LogP contribution in [0.15, 0.2) is 48.5 Å². The highest BCUT2D eigenvalue weighted by atomic mass is 16.7. The van der Waals surface area contributed by atoms with Crippen molar-refractivity contribution < 1.29 is 57.8 Å². The molecular formula is C35H46N2O12. The minimum atomic E-state index is -1.06. The molecule has 1 amide bonds. The van der Waals surface area contributed by atoms with Crippen molar-refractivity contribution in [1.82, 2.24) is 0 Å². The van der Waals surface area contributed by atoms with Gasteiger partial charge in [0.05, 0.1) is 55.5 Å². The van der Waals surface area contributed by atoms with Gasteiger partial charge in [0, 0.05) is 0 Å². The summed E-state index contributed by atoms with van der Waals surface area (Å²) in [5.41, 5.74) is 4.45. The molecule has 2 aromatic carbocycles. The molecule has 2 aromatic rings. The zero-order valence-corrected chi connectivity index (χ0v) is 28.4. The summed E-state index contributed by atoms with van der Waals surface area (Å²) in [7, 11) is 0. The van der Waals surface area contributed by atoms with E-state index in [1.807, 2.05) is 6.07 Å². The number of carboxylic acid groups (broad SMARTS) is 1. The van der Waals surface area contributed by atoms with Gasteiger partial charge in [-0.15, -0.1) is 0 Å². The zero-order valence-electron chi connectivity index (χ0n) is 28.4. The molecule has 0 aliphatic heterocycles. The lowest BCUT2D eigenvalue weighted by Gasteiger charge is -2.23. The highest BCUT2D eigenvalue weighted by molar-refractivity contribution is 6.06. The van der Waals surface area contributed by atoms with E-state index >= 15 is 0 Å². The lowest BCUT2D eigenvalue weighted by Crippen LogP contribution is -2.35. The van der Waals surface area contributed by atoms with Crippen LogP contribution < -0.4 is 10.5 Å². The number of carboxylic acids is 1. The standard InChI is InChI=1S/C18H23NO6.C13H17NO3.C4H6O3/c1-3-23-17(21)11-16(20)19(25-12-13-9-10-13)15-8-6-5-7-14(15)18(22)24-4-2;1-2-16-13(15)11-5-3-4-6-12(11)14-17-9-10-7-8-10;1-3(5)2-4(6)7/h5-8,13H,3-4,9-12H2,1-2H3;3-6,10,14H,2,7-9H2,1H3;2H2,1H3,(H,6,7). The Balaban J connectivity index is 0.000000298. The molecule has 268 valence electrons. The molecule has 2 fully saturated rings. The molecule has 0 aromatic heterocycles. The number of amides is 1. The lowest BCUT2D eigenvalue weighted by molar-refractivity contribution is -0.147. The second kappa shape index (κ2) is 21.9. The normalized spacial score (nSPS) is 12.9. The van der Waals surface area contributed by atoms with Gasteiger partial charge in [-0.05, 0) is 89.5 Å². The van der Waals surface area contributed by atoms with E-state index in [1.165, 1.54) is 19.8 Å². The maximum atomic E-state index is 12.5. The number of carbonyl (C=O) groups excluding carboxylic acids is 5. The summed E-state index contributed by atoms with van der Waals surface area (Å²) in [6.07, 6.45) is 3.73. The molecule has 2 aliphatic carbocycles. The maximum absolute atomic E-state index is 12.5. The Morgan fingerprint density at radius 2 is 1.27 bits per heavy atom. The number of aliphatic carboxylic acids is 1. The number of anilines is 2. The number of esters is 3. The average Bonchev–Trinajstić information content (AvgIpc) is 3.99. The number of ether oxygens (including phenoxy) is 3. The fraction of sp³-hybridized carbons (Fsp3) is 0.486. The van der Waals surface area contributed by atoms with Gasteiger partial charge in [-0.1, -0.05) is 24.3 Å². The number of para-hydroxylation sites is 2. The third-order valence-electron chi connectivity index (χ3n) is 6.60. The van der Waals surface area contributed by atoms with E-state index in [2.05, 4.69) is 5.48 Å². The molecule has 0 bridgehead atoms.